The number of halogens is 2. The van der Waals surface area contributed by atoms with E-state index in [9.17, 15) is 14.3 Å². The fourth-order valence-corrected chi connectivity index (χ4v) is 3.77. The zero-order chi connectivity index (χ0) is 22.1. The Morgan fingerprint density at radius 2 is 2.10 bits per heavy atom. The molecule has 31 heavy (non-hydrogen) atoms. The molecule has 158 valence electrons. The summed E-state index contributed by atoms with van der Waals surface area (Å²) < 4.78 is 29.6. The highest BCUT2D eigenvalue weighted by Crippen LogP contribution is 2.34. The molecule has 0 spiro atoms. The standard InChI is InChI=1S/C20H17F2N7O2/c21-13-2-1-3-14(24)15(13)18-16(22)17-12(8-25-18)19(27-10-26-17)28-6-7-29(20(30)31)11(9-28)4-5-23/h1-3,8,10-11H,4,6-7,9,24H2,(H,30,31)/t11-/m0/s1. The molecule has 1 aliphatic heterocycles. The average molecular weight is 425 g/mol. The summed E-state index contributed by atoms with van der Waals surface area (Å²) in [4.78, 5) is 26.8. The molecule has 9 nitrogen and oxygen atoms in total. The first-order chi connectivity index (χ1) is 14.9. The second-order valence-corrected chi connectivity index (χ2v) is 7.02. The number of amides is 1. The van der Waals surface area contributed by atoms with Gasteiger partial charge in [-0.2, -0.15) is 5.26 Å². The number of piperazine rings is 1. The van der Waals surface area contributed by atoms with E-state index in [4.69, 9.17) is 11.0 Å². The lowest BCUT2D eigenvalue weighted by Crippen LogP contribution is -2.55. The number of hydrogen-bond donors (Lipinski definition) is 2. The van der Waals surface area contributed by atoms with Crippen LogP contribution in [0.4, 0.5) is 25.1 Å². The molecule has 4 rings (SSSR count). The number of nitriles is 1. The van der Waals surface area contributed by atoms with Gasteiger partial charge in [-0.1, -0.05) is 6.07 Å². The number of rotatable bonds is 3. The number of nitrogens with zero attached hydrogens (tertiary/aromatic N) is 6. The Labute approximate surface area is 175 Å². The van der Waals surface area contributed by atoms with Gasteiger partial charge in [-0.3, -0.25) is 4.98 Å². The molecular weight excluding hydrogens is 408 g/mol. The molecule has 1 fully saturated rings. The molecule has 1 aliphatic rings. The molecule has 0 bridgehead atoms. The van der Waals surface area contributed by atoms with Gasteiger partial charge in [0.05, 0.1) is 29.5 Å². The average Bonchev–Trinajstić information content (AvgIpc) is 2.75. The third kappa shape index (κ3) is 3.52. The number of nitrogens with two attached hydrogens (primary N) is 1. The van der Waals surface area contributed by atoms with Gasteiger partial charge in [0.2, 0.25) is 0 Å². The lowest BCUT2D eigenvalue weighted by atomic mass is 10.1. The molecule has 0 radical (unpaired) electrons. The van der Waals surface area contributed by atoms with Crippen LogP contribution in [0.2, 0.25) is 0 Å². The maximum absolute atomic E-state index is 15.3. The van der Waals surface area contributed by atoms with Crippen molar-refractivity contribution in [1.82, 2.24) is 19.9 Å². The lowest BCUT2D eigenvalue weighted by Gasteiger charge is -2.39. The molecule has 0 saturated carbocycles. The van der Waals surface area contributed by atoms with E-state index in [0.29, 0.717) is 12.4 Å². The number of pyridine rings is 1. The van der Waals surface area contributed by atoms with Gasteiger partial charge < -0.3 is 20.6 Å². The van der Waals surface area contributed by atoms with Gasteiger partial charge in [0, 0.05) is 31.5 Å². The predicted molar refractivity (Wildman–Crippen MR) is 108 cm³/mol. The summed E-state index contributed by atoms with van der Waals surface area (Å²) in [5.41, 5.74) is 5.41. The second kappa shape index (κ2) is 7.98. The predicted octanol–water partition coefficient (Wildman–Crippen LogP) is 2.63. The number of hydrogen-bond acceptors (Lipinski definition) is 7. The smallest absolute Gasteiger partial charge is 0.407 e. The Morgan fingerprint density at radius 1 is 1.29 bits per heavy atom. The summed E-state index contributed by atoms with van der Waals surface area (Å²) in [7, 11) is 0. The van der Waals surface area contributed by atoms with Crippen LogP contribution in [-0.2, 0) is 0 Å². The Kier molecular flexibility index (Phi) is 5.21. The van der Waals surface area contributed by atoms with E-state index in [0.717, 1.165) is 0 Å². The molecule has 1 saturated heterocycles. The van der Waals surface area contributed by atoms with E-state index >= 15 is 4.39 Å². The van der Waals surface area contributed by atoms with Crippen LogP contribution in [0.3, 0.4) is 0 Å². The van der Waals surface area contributed by atoms with Gasteiger partial charge in [0.1, 0.15) is 29.2 Å². The first-order valence-electron chi connectivity index (χ1n) is 9.37. The van der Waals surface area contributed by atoms with Crippen molar-refractivity contribution in [2.75, 3.05) is 30.3 Å². The van der Waals surface area contributed by atoms with E-state index in [1.807, 2.05) is 6.07 Å². The van der Waals surface area contributed by atoms with Crippen molar-refractivity contribution < 1.29 is 18.7 Å². The van der Waals surface area contributed by atoms with Crippen molar-refractivity contribution in [2.24, 2.45) is 0 Å². The van der Waals surface area contributed by atoms with Gasteiger partial charge in [-0.05, 0) is 12.1 Å². The summed E-state index contributed by atoms with van der Waals surface area (Å²) >= 11 is 0. The Morgan fingerprint density at radius 3 is 2.81 bits per heavy atom. The Bertz CT molecular complexity index is 1190. The van der Waals surface area contributed by atoms with Crippen molar-refractivity contribution in [3.05, 3.63) is 42.4 Å². The summed E-state index contributed by atoms with van der Waals surface area (Å²) in [5.74, 6) is -1.18. The molecule has 3 heterocycles. The molecule has 1 amide bonds. The van der Waals surface area contributed by atoms with Gasteiger partial charge >= 0.3 is 6.09 Å². The number of benzene rings is 1. The van der Waals surface area contributed by atoms with Crippen LogP contribution in [0, 0.1) is 23.0 Å². The van der Waals surface area contributed by atoms with Crippen LogP contribution in [-0.4, -0.2) is 56.7 Å². The maximum Gasteiger partial charge on any atom is 0.407 e. The molecular formula is C20H17F2N7O2. The number of carboxylic acid groups (broad SMARTS) is 1. The van der Waals surface area contributed by atoms with Crippen molar-refractivity contribution in [3.8, 4) is 17.3 Å². The summed E-state index contributed by atoms with van der Waals surface area (Å²) in [6.45, 7) is 0.659. The lowest BCUT2D eigenvalue weighted by molar-refractivity contribution is 0.119. The van der Waals surface area contributed by atoms with Crippen LogP contribution in [0.15, 0.2) is 30.7 Å². The number of carbonyl (C=O) groups is 1. The first-order valence-corrected chi connectivity index (χ1v) is 9.37. The van der Waals surface area contributed by atoms with Crippen molar-refractivity contribution in [2.45, 2.75) is 12.5 Å². The fourth-order valence-electron chi connectivity index (χ4n) is 3.77. The highest BCUT2D eigenvalue weighted by atomic mass is 19.1. The van der Waals surface area contributed by atoms with E-state index in [1.165, 1.54) is 35.6 Å². The number of nitrogen functional groups attached to an aromatic ring is 1. The zero-order valence-electron chi connectivity index (χ0n) is 16.2. The van der Waals surface area contributed by atoms with E-state index in [1.54, 1.807) is 4.90 Å². The highest BCUT2D eigenvalue weighted by molar-refractivity contribution is 5.92. The van der Waals surface area contributed by atoms with E-state index < -0.39 is 23.8 Å². The summed E-state index contributed by atoms with van der Waals surface area (Å²) in [6.07, 6.45) is 1.43. The minimum Gasteiger partial charge on any atom is -0.465 e. The van der Waals surface area contributed by atoms with Crippen molar-refractivity contribution in [3.63, 3.8) is 0 Å². The monoisotopic (exact) mass is 425 g/mol. The van der Waals surface area contributed by atoms with Crippen molar-refractivity contribution in [1.29, 1.82) is 5.26 Å². The highest BCUT2D eigenvalue weighted by Gasteiger charge is 2.32. The molecule has 2 aromatic heterocycles. The van der Waals surface area contributed by atoms with E-state index in [2.05, 4.69) is 15.0 Å². The Balaban J connectivity index is 1.77. The second-order valence-electron chi connectivity index (χ2n) is 7.02. The molecule has 3 N–H and O–H groups in total. The normalized spacial score (nSPS) is 16.4. The van der Waals surface area contributed by atoms with E-state index in [-0.39, 0.29) is 47.4 Å². The largest absolute Gasteiger partial charge is 0.465 e. The zero-order valence-corrected chi connectivity index (χ0v) is 16.2. The van der Waals surface area contributed by atoms with Crippen LogP contribution in [0.1, 0.15) is 6.42 Å². The number of aromatic nitrogens is 3. The van der Waals surface area contributed by atoms with Crippen LogP contribution < -0.4 is 10.6 Å². The molecule has 3 aromatic rings. The first kappa shape index (κ1) is 20.2. The number of anilines is 2. The van der Waals surface area contributed by atoms with Crippen LogP contribution in [0.25, 0.3) is 22.2 Å². The van der Waals surface area contributed by atoms with Gasteiger partial charge in [0.15, 0.2) is 5.82 Å². The third-order valence-corrected chi connectivity index (χ3v) is 5.24. The topological polar surface area (TPSA) is 132 Å². The molecule has 11 heteroatoms. The SMILES string of the molecule is N#CC[C@H]1CN(c2ncnc3c(F)c(-c4c(N)cccc4F)ncc23)CCN1C(=O)O. The van der Waals surface area contributed by atoms with Crippen molar-refractivity contribution >= 4 is 28.5 Å². The minimum atomic E-state index is -1.10. The van der Waals surface area contributed by atoms with Gasteiger partial charge in [-0.15, -0.1) is 0 Å². The molecule has 0 unspecified atom stereocenters. The van der Waals surface area contributed by atoms with Gasteiger partial charge in [0.25, 0.3) is 0 Å². The maximum atomic E-state index is 15.3. The number of fused-ring (bicyclic) bond motifs is 1. The minimum absolute atomic E-state index is 0.00906. The third-order valence-electron chi connectivity index (χ3n) is 5.24. The quantitative estimate of drug-likeness (QED) is 0.612. The molecule has 1 atom stereocenters. The molecule has 0 aliphatic carbocycles. The fraction of sp³-hybridized carbons (Fsp3) is 0.250. The van der Waals surface area contributed by atoms with Gasteiger partial charge in [-0.25, -0.2) is 23.5 Å². The molecule has 1 aromatic carbocycles. The summed E-state index contributed by atoms with van der Waals surface area (Å²) in [6, 6.07) is 5.47. The Hall–Kier alpha value is -4.07. The van der Waals surface area contributed by atoms with Crippen LogP contribution in [0.5, 0.6) is 0 Å². The van der Waals surface area contributed by atoms with Crippen LogP contribution >= 0.6 is 0 Å². The summed E-state index contributed by atoms with van der Waals surface area (Å²) in [5, 5.41) is 18.7.